The van der Waals surface area contributed by atoms with E-state index in [4.69, 9.17) is 5.26 Å². The predicted molar refractivity (Wildman–Crippen MR) is 104 cm³/mol. The maximum atomic E-state index is 12.4. The number of carbonyl (C=O) groups is 1. The SMILES string of the molecule is N#Cc1ccc(-n2nccc2NC(=O)CCc2ccc3[nH]ccc3c2)cc1. The quantitative estimate of drug-likeness (QED) is 0.571. The van der Waals surface area contributed by atoms with E-state index in [2.05, 4.69) is 27.5 Å². The molecule has 6 nitrogen and oxygen atoms in total. The minimum Gasteiger partial charge on any atom is -0.361 e. The third kappa shape index (κ3) is 3.58. The molecule has 0 atom stereocenters. The first-order valence-electron chi connectivity index (χ1n) is 8.63. The fraction of sp³-hybridized carbons (Fsp3) is 0.0952. The summed E-state index contributed by atoms with van der Waals surface area (Å²) >= 11 is 0. The summed E-state index contributed by atoms with van der Waals surface area (Å²) in [6.45, 7) is 0. The van der Waals surface area contributed by atoms with Crippen LogP contribution in [0.4, 0.5) is 5.82 Å². The van der Waals surface area contributed by atoms with Gasteiger partial charge < -0.3 is 10.3 Å². The fourth-order valence-electron chi connectivity index (χ4n) is 3.00. The Hall–Kier alpha value is -3.85. The number of benzene rings is 2. The number of anilines is 1. The molecule has 0 aliphatic heterocycles. The van der Waals surface area contributed by atoms with Gasteiger partial charge in [0.1, 0.15) is 5.82 Å². The Morgan fingerprint density at radius 3 is 2.81 bits per heavy atom. The number of amides is 1. The van der Waals surface area contributed by atoms with Gasteiger partial charge in [0.2, 0.25) is 5.91 Å². The molecule has 27 heavy (non-hydrogen) atoms. The standard InChI is InChI=1S/C21H17N5O/c22-14-16-1-5-18(6-2-16)26-20(10-12-24-26)25-21(27)8-4-15-3-7-19-17(13-15)9-11-23-19/h1-3,5-7,9-13,23H,4,8H2,(H,25,27). The molecule has 0 aliphatic rings. The molecule has 0 fully saturated rings. The van der Waals surface area contributed by atoms with Gasteiger partial charge in [-0.3, -0.25) is 4.79 Å². The molecule has 0 saturated heterocycles. The van der Waals surface area contributed by atoms with E-state index in [0.29, 0.717) is 24.2 Å². The summed E-state index contributed by atoms with van der Waals surface area (Å²) in [5.74, 6) is 0.533. The number of aryl methyl sites for hydroxylation is 1. The zero-order chi connectivity index (χ0) is 18.6. The van der Waals surface area contributed by atoms with E-state index in [-0.39, 0.29) is 5.91 Å². The molecule has 2 aromatic carbocycles. The smallest absolute Gasteiger partial charge is 0.225 e. The number of carbonyl (C=O) groups excluding carboxylic acids is 1. The van der Waals surface area contributed by atoms with Crippen molar-refractivity contribution in [3.63, 3.8) is 0 Å². The minimum absolute atomic E-state index is 0.0699. The second-order valence-electron chi connectivity index (χ2n) is 6.23. The van der Waals surface area contributed by atoms with Crippen molar-refractivity contribution >= 4 is 22.6 Å². The lowest BCUT2D eigenvalue weighted by atomic mass is 10.1. The van der Waals surface area contributed by atoms with Crippen molar-refractivity contribution in [2.75, 3.05) is 5.32 Å². The maximum absolute atomic E-state index is 12.4. The maximum Gasteiger partial charge on any atom is 0.225 e. The van der Waals surface area contributed by atoms with Gasteiger partial charge in [-0.1, -0.05) is 6.07 Å². The van der Waals surface area contributed by atoms with Crippen LogP contribution in [0.2, 0.25) is 0 Å². The minimum atomic E-state index is -0.0699. The molecule has 0 saturated carbocycles. The van der Waals surface area contributed by atoms with E-state index in [1.54, 1.807) is 41.2 Å². The summed E-state index contributed by atoms with van der Waals surface area (Å²) in [6, 6.07) is 19.1. The summed E-state index contributed by atoms with van der Waals surface area (Å²) in [7, 11) is 0. The molecule has 0 aliphatic carbocycles. The molecule has 4 rings (SSSR count). The van der Waals surface area contributed by atoms with E-state index in [9.17, 15) is 4.79 Å². The number of hydrogen-bond donors (Lipinski definition) is 2. The van der Waals surface area contributed by atoms with Crippen LogP contribution in [0.1, 0.15) is 17.5 Å². The summed E-state index contributed by atoms with van der Waals surface area (Å²) in [5.41, 5.74) is 3.58. The van der Waals surface area contributed by atoms with Crippen molar-refractivity contribution in [1.29, 1.82) is 5.26 Å². The molecule has 6 heteroatoms. The Bertz CT molecular complexity index is 1130. The van der Waals surface area contributed by atoms with Crippen molar-refractivity contribution in [3.8, 4) is 11.8 Å². The van der Waals surface area contributed by atoms with Crippen LogP contribution in [0.3, 0.4) is 0 Å². The lowest BCUT2D eigenvalue weighted by Gasteiger charge is -2.09. The van der Waals surface area contributed by atoms with Crippen molar-refractivity contribution in [3.05, 3.63) is 78.1 Å². The number of H-pyrrole nitrogens is 1. The van der Waals surface area contributed by atoms with Crippen molar-refractivity contribution in [2.24, 2.45) is 0 Å². The van der Waals surface area contributed by atoms with E-state index in [1.807, 2.05) is 24.4 Å². The van der Waals surface area contributed by atoms with Crippen LogP contribution >= 0.6 is 0 Å². The molecular weight excluding hydrogens is 338 g/mol. The monoisotopic (exact) mass is 355 g/mol. The Kier molecular flexibility index (Phi) is 4.42. The second-order valence-corrected chi connectivity index (χ2v) is 6.23. The van der Waals surface area contributed by atoms with Gasteiger partial charge in [0.15, 0.2) is 0 Å². The number of hydrogen-bond acceptors (Lipinski definition) is 3. The molecule has 132 valence electrons. The third-order valence-corrected chi connectivity index (χ3v) is 4.41. The normalized spacial score (nSPS) is 10.6. The van der Waals surface area contributed by atoms with Crippen molar-refractivity contribution in [2.45, 2.75) is 12.8 Å². The fourth-order valence-corrected chi connectivity index (χ4v) is 3.00. The number of nitrogens with one attached hydrogen (secondary N) is 2. The van der Waals surface area contributed by atoms with E-state index >= 15 is 0 Å². The molecule has 0 unspecified atom stereocenters. The number of rotatable bonds is 5. The van der Waals surface area contributed by atoms with Gasteiger partial charge in [0, 0.05) is 24.2 Å². The Morgan fingerprint density at radius 1 is 1.15 bits per heavy atom. The molecule has 2 N–H and O–H groups in total. The Balaban J connectivity index is 1.42. The number of nitriles is 1. The summed E-state index contributed by atoms with van der Waals surface area (Å²) < 4.78 is 1.64. The molecule has 1 amide bonds. The highest BCUT2D eigenvalue weighted by atomic mass is 16.1. The van der Waals surface area contributed by atoms with E-state index in [1.165, 1.54) is 0 Å². The lowest BCUT2D eigenvalue weighted by molar-refractivity contribution is -0.116. The number of aromatic amines is 1. The highest BCUT2D eigenvalue weighted by Gasteiger charge is 2.09. The Morgan fingerprint density at radius 2 is 2.00 bits per heavy atom. The molecule has 2 aromatic heterocycles. The largest absolute Gasteiger partial charge is 0.361 e. The number of aromatic nitrogens is 3. The van der Waals surface area contributed by atoms with Gasteiger partial charge in [0.05, 0.1) is 23.5 Å². The average molecular weight is 355 g/mol. The van der Waals surface area contributed by atoms with Crippen LogP contribution in [-0.2, 0) is 11.2 Å². The van der Waals surface area contributed by atoms with Gasteiger partial charge in [-0.25, -0.2) is 4.68 Å². The van der Waals surface area contributed by atoms with Crippen LogP contribution in [0, 0.1) is 11.3 Å². The first kappa shape index (κ1) is 16.6. The molecular formula is C21H17N5O. The van der Waals surface area contributed by atoms with Crippen LogP contribution < -0.4 is 5.32 Å². The predicted octanol–water partition coefficient (Wildman–Crippen LogP) is 3.80. The summed E-state index contributed by atoms with van der Waals surface area (Å²) in [6.07, 6.45) is 4.59. The van der Waals surface area contributed by atoms with Crippen LogP contribution in [0.5, 0.6) is 0 Å². The van der Waals surface area contributed by atoms with Crippen molar-refractivity contribution < 1.29 is 4.79 Å². The zero-order valence-electron chi connectivity index (χ0n) is 14.5. The number of nitrogens with zero attached hydrogens (tertiary/aromatic N) is 3. The average Bonchev–Trinajstić information content (AvgIpc) is 3.35. The molecule has 0 bridgehead atoms. The Labute approximate surface area is 156 Å². The van der Waals surface area contributed by atoms with Crippen LogP contribution in [-0.4, -0.2) is 20.7 Å². The van der Waals surface area contributed by atoms with Gasteiger partial charge >= 0.3 is 0 Å². The first-order chi connectivity index (χ1) is 13.2. The van der Waals surface area contributed by atoms with Crippen molar-refractivity contribution in [1.82, 2.24) is 14.8 Å². The van der Waals surface area contributed by atoms with Crippen LogP contribution in [0.15, 0.2) is 67.0 Å². The van der Waals surface area contributed by atoms with Gasteiger partial charge in [-0.2, -0.15) is 10.4 Å². The molecule has 2 heterocycles. The number of fused-ring (bicyclic) bond motifs is 1. The highest BCUT2D eigenvalue weighted by Crippen LogP contribution is 2.17. The van der Waals surface area contributed by atoms with Gasteiger partial charge in [-0.05, 0) is 59.8 Å². The van der Waals surface area contributed by atoms with E-state index in [0.717, 1.165) is 22.2 Å². The molecule has 4 aromatic rings. The van der Waals surface area contributed by atoms with Gasteiger partial charge in [0.25, 0.3) is 0 Å². The topological polar surface area (TPSA) is 86.5 Å². The van der Waals surface area contributed by atoms with Gasteiger partial charge in [-0.15, -0.1) is 0 Å². The lowest BCUT2D eigenvalue weighted by Crippen LogP contribution is -2.15. The molecule has 0 spiro atoms. The highest BCUT2D eigenvalue weighted by molar-refractivity contribution is 5.90. The van der Waals surface area contributed by atoms with Crippen LogP contribution in [0.25, 0.3) is 16.6 Å². The zero-order valence-corrected chi connectivity index (χ0v) is 14.5. The van der Waals surface area contributed by atoms with E-state index < -0.39 is 0 Å². The third-order valence-electron chi connectivity index (χ3n) is 4.41. The summed E-state index contributed by atoms with van der Waals surface area (Å²) in [5, 5.41) is 17.2. The molecule has 0 radical (unpaired) electrons. The summed E-state index contributed by atoms with van der Waals surface area (Å²) in [4.78, 5) is 15.5. The first-order valence-corrected chi connectivity index (χ1v) is 8.63. The second kappa shape index (κ2) is 7.18.